The van der Waals surface area contributed by atoms with Crippen LogP contribution in [-0.2, 0) is 0 Å². The molecule has 0 spiro atoms. The molecule has 4 aromatic rings. The summed E-state index contributed by atoms with van der Waals surface area (Å²) in [4.78, 5) is 2.24. The summed E-state index contributed by atoms with van der Waals surface area (Å²) in [6.07, 6.45) is 0. The highest BCUT2D eigenvalue weighted by Crippen LogP contribution is 2.46. The van der Waals surface area contributed by atoms with Gasteiger partial charge in [0.1, 0.15) is 11.5 Å². The second-order valence-electron chi connectivity index (χ2n) is 10.2. The maximum absolute atomic E-state index is 15.7. The van der Waals surface area contributed by atoms with E-state index >= 15 is 4.39 Å². The maximum atomic E-state index is 15.7. The summed E-state index contributed by atoms with van der Waals surface area (Å²) in [7, 11) is 0. The number of nitriles is 1. The number of aromatic nitrogens is 2. The zero-order chi connectivity index (χ0) is 27.0. The molecule has 9 heteroatoms. The molecule has 0 saturated carbocycles. The fraction of sp³-hybridized carbons (Fsp3) is 0.276. The Balaban J connectivity index is 1.47. The number of nitrogen functional groups attached to an aromatic ring is 1. The van der Waals surface area contributed by atoms with Gasteiger partial charge in [0, 0.05) is 29.6 Å². The van der Waals surface area contributed by atoms with E-state index in [-0.39, 0.29) is 23.9 Å². The third-order valence-electron chi connectivity index (χ3n) is 7.00. The molecule has 194 valence electrons. The van der Waals surface area contributed by atoms with Crippen molar-refractivity contribution in [2.75, 3.05) is 18.8 Å². The topological polar surface area (TPSA) is 92.0 Å². The van der Waals surface area contributed by atoms with Crippen LogP contribution in [0.4, 0.5) is 14.8 Å². The van der Waals surface area contributed by atoms with E-state index in [0.29, 0.717) is 34.8 Å². The molecule has 0 amide bonds. The third-order valence-corrected chi connectivity index (χ3v) is 7.25. The van der Waals surface area contributed by atoms with Gasteiger partial charge < -0.3 is 10.2 Å². The van der Waals surface area contributed by atoms with Crippen LogP contribution in [0.25, 0.3) is 11.5 Å². The summed E-state index contributed by atoms with van der Waals surface area (Å²) >= 11 is 6.14. The third kappa shape index (κ3) is 5.26. The van der Waals surface area contributed by atoms with E-state index in [1.165, 1.54) is 26.0 Å². The molecule has 3 aromatic carbocycles. The molecular formula is C29H26ClF2N5O. The monoisotopic (exact) mass is 533 g/mol. The van der Waals surface area contributed by atoms with Crippen LogP contribution >= 0.6 is 11.6 Å². The number of likely N-dealkylation sites (tertiary alicyclic amines) is 1. The Kier molecular flexibility index (Phi) is 6.91. The van der Waals surface area contributed by atoms with E-state index in [1.807, 2.05) is 42.5 Å². The lowest BCUT2D eigenvalue weighted by Crippen LogP contribution is -2.53. The van der Waals surface area contributed by atoms with Gasteiger partial charge >= 0.3 is 6.01 Å². The van der Waals surface area contributed by atoms with E-state index in [0.717, 1.165) is 11.1 Å². The number of hydrogen-bond donors (Lipinski definition) is 1. The fourth-order valence-corrected chi connectivity index (χ4v) is 5.63. The summed E-state index contributed by atoms with van der Waals surface area (Å²) in [6, 6.07) is 21.3. The van der Waals surface area contributed by atoms with Crippen LogP contribution < -0.4 is 5.73 Å². The lowest BCUT2D eigenvalue weighted by Gasteiger charge is -2.50. The van der Waals surface area contributed by atoms with Crippen molar-refractivity contribution in [2.24, 2.45) is 5.92 Å². The van der Waals surface area contributed by atoms with E-state index in [4.69, 9.17) is 21.8 Å². The highest BCUT2D eigenvalue weighted by Gasteiger charge is 2.45. The molecule has 5 rings (SSSR count). The van der Waals surface area contributed by atoms with Crippen LogP contribution in [-0.4, -0.2) is 33.9 Å². The highest BCUT2D eigenvalue weighted by atomic mass is 35.5. The van der Waals surface area contributed by atoms with Crippen molar-refractivity contribution >= 4 is 17.6 Å². The van der Waals surface area contributed by atoms with Gasteiger partial charge in [0.05, 0.1) is 17.7 Å². The molecule has 1 saturated heterocycles. The molecule has 1 aromatic heterocycles. The first kappa shape index (κ1) is 25.8. The molecule has 1 aliphatic heterocycles. The SMILES string of the molecule is CC(C)(F)C(c1cc(F)cc(-c2nnc(N)o2)c1)C1CN(C(c2ccc(Cl)cc2)c2cccc(C#N)c2)C1. The van der Waals surface area contributed by atoms with Gasteiger partial charge in [-0.25, -0.2) is 8.78 Å². The smallest absolute Gasteiger partial charge is 0.313 e. The zero-order valence-electron chi connectivity index (χ0n) is 20.9. The van der Waals surface area contributed by atoms with Crippen molar-refractivity contribution in [3.8, 4) is 17.5 Å². The van der Waals surface area contributed by atoms with E-state index in [9.17, 15) is 9.65 Å². The maximum Gasteiger partial charge on any atom is 0.313 e. The molecule has 2 heterocycles. The molecule has 0 aliphatic carbocycles. The van der Waals surface area contributed by atoms with Crippen molar-refractivity contribution in [2.45, 2.75) is 31.5 Å². The Hall–Kier alpha value is -3.80. The standard InChI is InChI=1S/C29H26ClF2N5O/c1-29(2,32)25(20-11-21(13-24(31)12-20)27-35-36-28(34)38-27)22-15-37(16-22)26(18-6-8-23(30)9-7-18)19-5-3-4-17(10-19)14-33/h3-13,22,25-26H,15-16H2,1-2H3,(H2,34,36). The predicted octanol–water partition coefficient (Wildman–Crippen LogP) is 6.54. The normalized spacial score (nSPS) is 16.0. The van der Waals surface area contributed by atoms with E-state index in [1.54, 1.807) is 12.1 Å². The minimum Gasteiger partial charge on any atom is -0.404 e. The van der Waals surface area contributed by atoms with Gasteiger partial charge in [-0.2, -0.15) is 5.26 Å². The quantitative estimate of drug-likeness (QED) is 0.290. The number of rotatable bonds is 7. The van der Waals surface area contributed by atoms with Crippen LogP contribution in [0.5, 0.6) is 0 Å². The summed E-state index contributed by atoms with van der Waals surface area (Å²) in [6.45, 7) is 4.17. The minimum absolute atomic E-state index is 0.0778. The number of hydrogen-bond acceptors (Lipinski definition) is 6. The molecule has 2 N–H and O–H groups in total. The van der Waals surface area contributed by atoms with Crippen molar-refractivity contribution in [1.82, 2.24) is 15.1 Å². The molecule has 6 nitrogen and oxygen atoms in total. The molecule has 0 bridgehead atoms. The Morgan fingerprint density at radius 1 is 1.05 bits per heavy atom. The molecule has 1 fully saturated rings. The van der Waals surface area contributed by atoms with Gasteiger partial charge in [0.2, 0.25) is 5.89 Å². The molecule has 1 aliphatic rings. The Morgan fingerprint density at radius 2 is 1.79 bits per heavy atom. The summed E-state index contributed by atoms with van der Waals surface area (Å²) in [5.41, 5.74) is 7.32. The molecule has 0 radical (unpaired) electrons. The minimum atomic E-state index is -1.63. The van der Waals surface area contributed by atoms with Gasteiger partial charge in [-0.1, -0.05) is 41.0 Å². The number of nitrogens with zero attached hydrogens (tertiary/aromatic N) is 4. The lowest BCUT2D eigenvalue weighted by molar-refractivity contribution is 0.00814. The average Bonchev–Trinajstić information content (AvgIpc) is 3.29. The number of alkyl halides is 1. The predicted molar refractivity (Wildman–Crippen MR) is 142 cm³/mol. The van der Waals surface area contributed by atoms with E-state index < -0.39 is 17.4 Å². The second kappa shape index (κ2) is 10.2. The van der Waals surface area contributed by atoms with Crippen LogP contribution in [0, 0.1) is 23.1 Å². The van der Waals surface area contributed by atoms with Crippen LogP contribution in [0.15, 0.2) is 71.1 Å². The second-order valence-corrected chi connectivity index (χ2v) is 10.6. The van der Waals surface area contributed by atoms with Crippen molar-refractivity contribution in [3.63, 3.8) is 0 Å². The summed E-state index contributed by atoms with van der Waals surface area (Å²) in [5, 5.41) is 17.6. The molecule has 2 atom stereocenters. The summed E-state index contributed by atoms with van der Waals surface area (Å²) < 4.78 is 35.7. The average molecular weight is 534 g/mol. The number of halogens is 3. The molecule has 38 heavy (non-hydrogen) atoms. The number of benzene rings is 3. The first-order chi connectivity index (χ1) is 18.1. The van der Waals surface area contributed by atoms with Crippen molar-refractivity contribution in [1.29, 1.82) is 5.26 Å². The van der Waals surface area contributed by atoms with Crippen LogP contribution in [0.2, 0.25) is 5.02 Å². The Bertz CT molecular complexity index is 1490. The molecular weight excluding hydrogens is 508 g/mol. The Morgan fingerprint density at radius 3 is 2.42 bits per heavy atom. The summed E-state index contributed by atoms with van der Waals surface area (Å²) in [5.74, 6) is -1.13. The van der Waals surface area contributed by atoms with E-state index in [2.05, 4.69) is 21.2 Å². The van der Waals surface area contributed by atoms with Gasteiger partial charge in [-0.3, -0.25) is 4.90 Å². The van der Waals surface area contributed by atoms with Crippen molar-refractivity contribution in [3.05, 3.63) is 99.8 Å². The van der Waals surface area contributed by atoms with Gasteiger partial charge in [-0.15, -0.1) is 5.10 Å². The number of nitrogens with two attached hydrogens (primary N) is 1. The lowest BCUT2D eigenvalue weighted by atomic mass is 9.72. The van der Waals surface area contributed by atoms with Gasteiger partial charge in [-0.05, 0) is 78.9 Å². The first-order valence-corrected chi connectivity index (χ1v) is 12.6. The highest BCUT2D eigenvalue weighted by molar-refractivity contribution is 6.30. The van der Waals surface area contributed by atoms with Gasteiger partial charge in [0.15, 0.2) is 0 Å². The van der Waals surface area contributed by atoms with Gasteiger partial charge in [0.25, 0.3) is 0 Å². The zero-order valence-corrected chi connectivity index (χ0v) is 21.7. The van der Waals surface area contributed by atoms with Crippen molar-refractivity contribution < 1.29 is 13.2 Å². The first-order valence-electron chi connectivity index (χ1n) is 12.2. The van der Waals surface area contributed by atoms with Crippen LogP contribution in [0.3, 0.4) is 0 Å². The van der Waals surface area contributed by atoms with Crippen LogP contribution in [0.1, 0.15) is 48.1 Å². The Labute approximate surface area is 224 Å². The number of anilines is 1. The molecule has 2 unspecified atom stereocenters. The fourth-order valence-electron chi connectivity index (χ4n) is 5.50. The largest absolute Gasteiger partial charge is 0.404 e.